The molecule has 3 rings (SSSR count). The summed E-state index contributed by atoms with van der Waals surface area (Å²) in [6, 6.07) is 10.7. The summed E-state index contributed by atoms with van der Waals surface area (Å²) in [5.41, 5.74) is 1.80. The molecule has 0 saturated carbocycles. The van der Waals surface area contributed by atoms with Crippen LogP contribution >= 0.6 is 11.6 Å². The molecule has 2 N–H and O–H groups in total. The van der Waals surface area contributed by atoms with E-state index in [1.807, 2.05) is 0 Å². The van der Waals surface area contributed by atoms with Crippen molar-refractivity contribution in [2.45, 2.75) is 13.0 Å². The van der Waals surface area contributed by atoms with Gasteiger partial charge in [-0.2, -0.15) is 0 Å². The fourth-order valence-corrected chi connectivity index (χ4v) is 2.70. The lowest BCUT2D eigenvalue weighted by molar-refractivity contribution is -0.139. The van der Waals surface area contributed by atoms with Gasteiger partial charge in [-0.25, -0.2) is 9.78 Å². The Morgan fingerprint density at radius 3 is 2.58 bits per heavy atom. The maximum absolute atomic E-state index is 12.7. The first-order chi connectivity index (χ1) is 11.5. The molecule has 0 bridgehead atoms. The maximum Gasteiger partial charge on any atom is 0.330 e. The van der Waals surface area contributed by atoms with Crippen molar-refractivity contribution in [3.8, 4) is 0 Å². The lowest BCUT2D eigenvalue weighted by atomic mass is 10.1. The van der Waals surface area contributed by atoms with Gasteiger partial charge in [0.05, 0.1) is 10.7 Å². The van der Waals surface area contributed by atoms with Crippen LogP contribution in [-0.4, -0.2) is 26.4 Å². The van der Waals surface area contributed by atoms with Gasteiger partial charge in [0.25, 0.3) is 5.91 Å². The highest BCUT2D eigenvalue weighted by Crippen LogP contribution is 2.18. The van der Waals surface area contributed by atoms with Crippen molar-refractivity contribution in [2.24, 2.45) is 0 Å². The number of fused-ring (bicyclic) bond motifs is 1. The van der Waals surface area contributed by atoms with Crippen LogP contribution in [0.2, 0.25) is 5.02 Å². The van der Waals surface area contributed by atoms with Crippen molar-refractivity contribution in [3.63, 3.8) is 0 Å². The second-order valence-electron chi connectivity index (χ2n) is 5.28. The maximum atomic E-state index is 12.7. The molecule has 0 aliphatic carbocycles. The second-order valence-corrected chi connectivity index (χ2v) is 5.71. The van der Waals surface area contributed by atoms with Crippen molar-refractivity contribution in [3.05, 3.63) is 70.6 Å². The Kier molecular flexibility index (Phi) is 4.22. The number of nitrogens with one attached hydrogen (secondary N) is 1. The Bertz CT molecular complexity index is 921. The fourth-order valence-electron chi connectivity index (χ4n) is 2.54. The zero-order chi connectivity index (χ0) is 17.3. The van der Waals surface area contributed by atoms with Gasteiger partial charge in [0.2, 0.25) is 0 Å². The van der Waals surface area contributed by atoms with Gasteiger partial charge in [-0.1, -0.05) is 41.9 Å². The van der Waals surface area contributed by atoms with E-state index in [9.17, 15) is 14.7 Å². The minimum atomic E-state index is -1.15. The molecule has 0 spiro atoms. The number of halogens is 1. The van der Waals surface area contributed by atoms with Crippen molar-refractivity contribution in [1.29, 1.82) is 0 Å². The topological polar surface area (TPSA) is 83.7 Å². The van der Waals surface area contributed by atoms with Crippen LogP contribution in [0.3, 0.4) is 0 Å². The number of imidazole rings is 1. The minimum Gasteiger partial charge on any atom is -0.479 e. The third-order valence-electron chi connectivity index (χ3n) is 3.63. The smallest absolute Gasteiger partial charge is 0.330 e. The molecule has 24 heavy (non-hydrogen) atoms. The highest BCUT2D eigenvalue weighted by Gasteiger charge is 2.25. The molecule has 1 unspecified atom stereocenters. The molecule has 0 saturated heterocycles. The molecule has 7 heteroatoms. The van der Waals surface area contributed by atoms with E-state index < -0.39 is 17.9 Å². The van der Waals surface area contributed by atoms with E-state index >= 15 is 0 Å². The average Bonchev–Trinajstić information content (AvgIpc) is 2.88. The molecule has 2 heterocycles. The number of rotatable bonds is 4. The predicted octanol–water partition coefficient (Wildman–Crippen LogP) is 2.85. The number of benzene rings is 1. The predicted molar refractivity (Wildman–Crippen MR) is 89.2 cm³/mol. The van der Waals surface area contributed by atoms with Crippen LogP contribution in [0, 0.1) is 6.92 Å². The highest BCUT2D eigenvalue weighted by molar-refractivity contribution is 6.30. The minimum absolute atomic E-state index is 0.259. The van der Waals surface area contributed by atoms with Crippen molar-refractivity contribution in [2.75, 3.05) is 0 Å². The first-order valence-corrected chi connectivity index (χ1v) is 7.58. The first kappa shape index (κ1) is 16.0. The normalized spacial score (nSPS) is 12.1. The zero-order valence-electron chi connectivity index (χ0n) is 12.7. The molecule has 0 radical (unpaired) electrons. The van der Waals surface area contributed by atoms with Gasteiger partial charge in [0, 0.05) is 6.20 Å². The fraction of sp³-hybridized carbons (Fsp3) is 0.118. The summed E-state index contributed by atoms with van der Waals surface area (Å²) in [7, 11) is 0. The number of aryl methyl sites for hydroxylation is 1. The molecule has 1 amide bonds. The Morgan fingerprint density at radius 1 is 1.21 bits per heavy atom. The number of amides is 1. The van der Waals surface area contributed by atoms with Gasteiger partial charge in [0.1, 0.15) is 11.3 Å². The van der Waals surface area contributed by atoms with Gasteiger partial charge in [-0.3, -0.25) is 9.20 Å². The number of carboxylic acids is 1. The Morgan fingerprint density at radius 2 is 1.92 bits per heavy atom. The SMILES string of the molecule is Cc1nc2ccc(Cl)cn2c1C(=O)NC(C(=O)O)c1ccccc1. The number of hydrogen-bond donors (Lipinski definition) is 2. The summed E-state index contributed by atoms with van der Waals surface area (Å²) in [4.78, 5) is 28.5. The van der Waals surface area contributed by atoms with Gasteiger partial charge in [-0.15, -0.1) is 0 Å². The van der Waals surface area contributed by atoms with Crippen molar-refractivity contribution in [1.82, 2.24) is 14.7 Å². The van der Waals surface area contributed by atoms with Crippen LogP contribution in [-0.2, 0) is 4.79 Å². The van der Waals surface area contributed by atoms with Crippen LogP contribution in [0.25, 0.3) is 5.65 Å². The number of carbonyl (C=O) groups is 2. The van der Waals surface area contributed by atoms with E-state index in [0.717, 1.165) is 0 Å². The molecule has 1 atom stereocenters. The number of aromatic nitrogens is 2. The Balaban J connectivity index is 1.98. The third kappa shape index (κ3) is 2.96. The Hall–Kier alpha value is -2.86. The van der Waals surface area contributed by atoms with Gasteiger partial charge in [-0.05, 0) is 24.6 Å². The summed E-state index contributed by atoms with van der Waals surface area (Å²) in [5.74, 6) is -1.67. The molecule has 122 valence electrons. The second kappa shape index (κ2) is 6.33. The lowest BCUT2D eigenvalue weighted by Gasteiger charge is -2.15. The zero-order valence-corrected chi connectivity index (χ0v) is 13.5. The van der Waals surface area contributed by atoms with Gasteiger partial charge >= 0.3 is 5.97 Å². The molecule has 0 aliphatic heterocycles. The summed E-state index contributed by atoms with van der Waals surface area (Å²) < 4.78 is 1.55. The van der Waals surface area contributed by atoms with Crippen LogP contribution in [0.5, 0.6) is 0 Å². The summed E-state index contributed by atoms with van der Waals surface area (Å²) in [6.45, 7) is 1.69. The summed E-state index contributed by atoms with van der Waals surface area (Å²) in [6.07, 6.45) is 1.57. The number of aliphatic carboxylic acids is 1. The molecular formula is C17H14ClN3O3. The molecule has 0 aliphatic rings. The molecule has 6 nitrogen and oxygen atoms in total. The standard InChI is InChI=1S/C17H14ClN3O3/c1-10-15(21-9-12(18)7-8-13(21)19-10)16(22)20-14(17(23)24)11-5-3-2-4-6-11/h2-9,14H,1H3,(H,20,22)(H,23,24). The van der Waals surface area contributed by atoms with Gasteiger partial charge in [0.15, 0.2) is 6.04 Å². The largest absolute Gasteiger partial charge is 0.479 e. The van der Waals surface area contributed by atoms with E-state index in [4.69, 9.17) is 11.6 Å². The molecule has 1 aromatic carbocycles. The molecular weight excluding hydrogens is 330 g/mol. The van der Waals surface area contributed by atoms with Crippen LogP contribution < -0.4 is 5.32 Å². The number of pyridine rings is 1. The van der Waals surface area contributed by atoms with E-state index in [1.54, 1.807) is 60.0 Å². The summed E-state index contributed by atoms with van der Waals surface area (Å²) >= 11 is 5.98. The van der Waals surface area contributed by atoms with Crippen molar-refractivity contribution >= 4 is 29.1 Å². The molecule has 3 aromatic rings. The molecule has 0 fully saturated rings. The molecule has 2 aromatic heterocycles. The van der Waals surface area contributed by atoms with Crippen molar-refractivity contribution < 1.29 is 14.7 Å². The monoisotopic (exact) mass is 343 g/mol. The van der Waals surface area contributed by atoms with E-state index in [-0.39, 0.29) is 5.69 Å². The third-order valence-corrected chi connectivity index (χ3v) is 3.85. The van der Waals surface area contributed by atoms with E-state index in [0.29, 0.717) is 21.9 Å². The number of carboxylic acid groups (broad SMARTS) is 1. The van der Waals surface area contributed by atoms with E-state index in [2.05, 4.69) is 10.3 Å². The van der Waals surface area contributed by atoms with Crippen LogP contribution in [0.15, 0.2) is 48.7 Å². The number of hydrogen-bond acceptors (Lipinski definition) is 3. The van der Waals surface area contributed by atoms with E-state index in [1.165, 1.54) is 0 Å². The van der Waals surface area contributed by atoms with Crippen LogP contribution in [0.1, 0.15) is 27.8 Å². The first-order valence-electron chi connectivity index (χ1n) is 7.20. The lowest BCUT2D eigenvalue weighted by Crippen LogP contribution is -2.34. The van der Waals surface area contributed by atoms with Gasteiger partial charge < -0.3 is 10.4 Å². The summed E-state index contributed by atoms with van der Waals surface area (Å²) in [5, 5.41) is 12.4. The quantitative estimate of drug-likeness (QED) is 0.763. The number of carbonyl (C=O) groups excluding carboxylic acids is 1. The highest BCUT2D eigenvalue weighted by atomic mass is 35.5. The Labute approximate surface area is 142 Å². The van der Waals surface area contributed by atoms with Crippen LogP contribution in [0.4, 0.5) is 0 Å². The average molecular weight is 344 g/mol. The number of nitrogens with zero attached hydrogens (tertiary/aromatic N) is 2.